The molecule has 3 rings (SSSR count). The van der Waals surface area contributed by atoms with E-state index in [2.05, 4.69) is 29.4 Å². The van der Waals surface area contributed by atoms with Gasteiger partial charge in [0.2, 0.25) is 0 Å². The second-order valence-corrected chi connectivity index (χ2v) is 6.13. The maximum Gasteiger partial charge on any atom is 0.261 e. The van der Waals surface area contributed by atoms with Crippen LogP contribution in [0.3, 0.4) is 0 Å². The second kappa shape index (κ2) is 5.74. The Morgan fingerprint density at radius 3 is 2.81 bits per heavy atom. The van der Waals surface area contributed by atoms with E-state index in [1.807, 2.05) is 30.5 Å². The number of fused-ring (bicyclic) bond motifs is 1. The molecule has 0 unspecified atom stereocenters. The predicted octanol–water partition coefficient (Wildman–Crippen LogP) is 3.82. The molecule has 0 atom stereocenters. The van der Waals surface area contributed by atoms with Crippen molar-refractivity contribution in [1.82, 2.24) is 10.3 Å². The van der Waals surface area contributed by atoms with Crippen molar-refractivity contribution in [2.75, 3.05) is 6.54 Å². The molecule has 21 heavy (non-hydrogen) atoms. The maximum atomic E-state index is 12.1. The second-order valence-electron chi connectivity index (χ2n) is 5.21. The Morgan fingerprint density at radius 1 is 1.24 bits per heavy atom. The van der Waals surface area contributed by atoms with Crippen molar-refractivity contribution in [3.05, 3.63) is 57.4 Å². The van der Waals surface area contributed by atoms with Gasteiger partial charge in [0.25, 0.3) is 5.91 Å². The van der Waals surface area contributed by atoms with Gasteiger partial charge in [-0.25, -0.2) is 0 Å². The summed E-state index contributed by atoms with van der Waals surface area (Å²) in [5, 5.41) is 6.21. The van der Waals surface area contributed by atoms with Crippen molar-refractivity contribution < 1.29 is 4.79 Å². The summed E-state index contributed by atoms with van der Waals surface area (Å²) in [6.07, 6.45) is 0.839. The lowest BCUT2D eigenvalue weighted by atomic mass is 10.1. The molecule has 3 aromatic rings. The first kappa shape index (κ1) is 13.9. The number of aromatic nitrogens is 1. The minimum atomic E-state index is 0.0278. The van der Waals surface area contributed by atoms with Gasteiger partial charge in [-0.3, -0.25) is 4.79 Å². The van der Waals surface area contributed by atoms with Crippen LogP contribution in [0.15, 0.2) is 35.7 Å². The van der Waals surface area contributed by atoms with Gasteiger partial charge in [-0.1, -0.05) is 18.2 Å². The Bertz CT molecular complexity index is 785. The van der Waals surface area contributed by atoms with Gasteiger partial charge in [0.15, 0.2) is 0 Å². The van der Waals surface area contributed by atoms with Gasteiger partial charge in [0, 0.05) is 23.1 Å². The summed E-state index contributed by atoms with van der Waals surface area (Å²) in [4.78, 5) is 16.3. The van der Waals surface area contributed by atoms with Gasteiger partial charge in [-0.05, 0) is 48.9 Å². The molecule has 0 bridgehead atoms. The quantitative estimate of drug-likeness (QED) is 0.755. The summed E-state index contributed by atoms with van der Waals surface area (Å²) < 4.78 is 0. The number of para-hydroxylation sites is 1. The van der Waals surface area contributed by atoms with Crippen LogP contribution in [0.5, 0.6) is 0 Å². The molecule has 1 aromatic carbocycles. The Balaban J connectivity index is 1.69. The molecule has 2 aromatic heterocycles. The topological polar surface area (TPSA) is 44.9 Å². The normalized spacial score (nSPS) is 11.0. The Labute approximate surface area is 128 Å². The summed E-state index contributed by atoms with van der Waals surface area (Å²) in [6.45, 7) is 4.70. The van der Waals surface area contributed by atoms with E-state index >= 15 is 0 Å². The fourth-order valence-electron chi connectivity index (χ4n) is 2.64. The van der Waals surface area contributed by atoms with Crippen LogP contribution in [0.4, 0.5) is 0 Å². The highest BCUT2D eigenvalue weighted by Crippen LogP contribution is 2.22. The maximum absolute atomic E-state index is 12.1. The monoisotopic (exact) mass is 298 g/mol. The van der Waals surface area contributed by atoms with Crippen LogP contribution in [0.1, 0.15) is 26.5 Å². The molecule has 0 saturated carbocycles. The van der Waals surface area contributed by atoms with Gasteiger partial charge < -0.3 is 10.3 Å². The van der Waals surface area contributed by atoms with Gasteiger partial charge in [-0.15, -0.1) is 11.3 Å². The molecule has 0 saturated heterocycles. The Morgan fingerprint density at radius 2 is 2.05 bits per heavy atom. The zero-order chi connectivity index (χ0) is 14.8. The number of nitrogens with one attached hydrogen (secondary N) is 2. The van der Waals surface area contributed by atoms with Crippen molar-refractivity contribution in [3.8, 4) is 0 Å². The standard InChI is InChI=1S/C17H18N2OS/c1-11-8-10-21-16(11)17(20)18-9-7-13-12(2)19-15-6-4-3-5-14(13)15/h3-6,8,10,19H,7,9H2,1-2H3,(H,18,20). The zero-order valence-corrected chi connectivity index (χ0v) is 13.0. The number of thiophene rings is 1. The number of hydrogen-bond acceptors (Lipinski definition) is 2. The van der Waals surface area contributed by atoms with Gasteiger partial charge in [-0.2, -0.15) is 0 Å². The van der Waals surface area contributed by atoms with Crippen LogP contribution in [0.25, 0.3) is 10.9 Å². The molecule has 1 amide bonds. The number of benzene rings is 1. The highest BCUT2D eigenvalue weighted by atomic mass is 32.1. The van der Waals surface area contributed by atoms with Crippen LogP contribution >= 0.6 is 11.3 Å². The van der Waals surface area contributed by atoms with E-state index in [4.69, 9.17) is 0 Å². The third-order valence-corrected chi connectivity index (χ3v) is 4.77. The zero-order valence-electron chi connectivity index (χ0n) is 12.2. The van der Waals surface area contributed by atoms with Crippen molar-refractivity contribution in [3.63, 3.8) is 0 Å². The number of H-pyrrole nitrogens is 1. The largest absolute Gasteiger partial charge is 0.358 e. The number of aromatic amines is 1. The van der Waals surface area contributed by atoms with Gasteiger partial charge >= 0.3 is 0 Å². The first-order chi connectivity index (χ1) is 10.2. The van der Waals surface area contributed by atoms with E-state index in [9.17, 15) is 4.79 Å². The number of rotatable bonds is 4. The molecule has 0 spiro atoms. The Hall–Kier alpha value is -2.07. The highest BCUT2D eigenvalue weighted by molar-refractivity contribution is 7.12. The molecule has 108 valence electrons. The third kappa shape index (κ3) is 2.72. The van der Waals surface area contributed by atoms with Gasteiger partial charge in [0.1, 0.15) is 0 Å². The summed E-state index contributed by atoms with van der Waals surface area (Å²) in [6, 6.07) is 10.3. The molecule has 2 N–H and O–H groups in total. The fraction of sp³-hybridized carbons (Fsp3) is 0.235. The van der Waals surface area contributed by atoms with E-state index < -0.39 is 0 Å². The van der Waals surface area contributed by atoms with Crippen LogP contribution < -0.4 is 5.32 Å². The van der Waals surface area contributed by atoms with Crippen LogP contribution in [-0.2, 0) is 6.42 Å². The van der Waals surface area contributed by atoms with E-state index in [-0.39, 0.29) is 5.91 Å². The smallest absolute Gasteiger partial charge is 0.261 e. The highest BCUT2D eigenvalue weighted by Gasteiger charge is 2.11. The van der Waals surface area contributed by atoms with Crippen molar-refractivity contribution in [1.29, 1.82) is 0 Å². The fourth-order valence-corrected chi connectivity index (χ4v) is 3.48. The average molecular weight is 298 g/mol. The van der Waals surface area contributed by atoms with Crippen molar-refractivity contribution in [2.45, 2.75) is 20.3 Å². The van der Waals surface area contributed by atoms with Crippen LogP contribution in [0, 0.1) is 13.8 Å². The van der Waals surface area contributed by atoms with Gasteiger partial charge in [0.05, 0.1) is 4.88 Å². The van der Waals surface area contributed by atoms with E-state index in [0.717, 1.165) is 22.4 Å². The molecule has 3 nitrogen and oxygen atoms in total. The molecule has 0 fully saturated rings. The first-order valence-corrected chi connectivity index (χ1v) is 7.93. The summed E-state index contributed by atoms with van der Waals surface area (Å²) >= 11 is 1.49. The van der Waals surface area contributed by atoms with Crippen LogP contribution in [0.2, 0.25) is 0 Å². The van der Waals surface area contributed by atoms with Crippen LogP contribution in [-0.4, -0.2) is 17.4 Å². The van der Waals surface area contributed by atoms with E-state index in [1.165, 1.54) is 28.0 Å². The number of carbonyl (C=O) groups excluding carboxylic acids is 1. The number of amides is 1. The Kier molecular flexibility index (Phi) is 3.80. The molecule has 0 radical (unpaired) electrons. The molecule has 2 heterocycles. The summed E-state index contributed by atoms with van der Waals surface area (Å²) in [7, 11) is 0. The lowest BCUT2D eigenvalue weighted by Gasteiger charge is -2.05. The minimum Gasteiger partial charge on any atom is -0.358 e. The average Bonchev–Trinajstić information content (AvgIpc) is 3.03. The summed E-state index contributed by atoms with van der Waals surface area (Å²) in [5.74, 6) is 0.0278. The predicted molar refractivity (Wildman–Crippen MR) is 88.1 cm³/mol. The SMILES string of the molecule is Cc1ccsc1C(=O)NCCc1c(C)[nH]c2ccccc12. The molecule has 0 aliphatic carbocycles. The molecular weight excluding hydrogens is 280 g/mol. The lowest BCUT2D eigenvalue weighted by Crippen LogP contribution is -2.25. The van der Waals surface area contributed by atoms with Crippen molar-refractivity contribution in [2.24, 2.45) is 0 Å². The van der Waals surface area contributed by atoms with E-state index in [0.29, 0.717) is 6.54 Å². The molecule has 4 heteroatoms. The lowest BCUT2D eigenvalue weighted by molar-refractivity contribution is 0.0957. The third-order valence-electron chi connectivity index (χ3n) is 3.76. The molecular formula is C17H18N2OS. The molecule has 0 aliphatic heterocycles. The number of carbonyl (C=O) groups is 1. The first-order valence-electron chi connectivity index (χ1n) is 7.05. The number of aryl methyl sites for hydroxylation is 2. The van der Waals surface area contributed by atoms with E-state index in [1.54, 1.807) is 0 Å². The molecule has 0 aliphatic rings. The minimum absolute atomic E-state index is 0.0278. The van der Waals surface area contributed by atoms with Crippen molar-refractivity contribution >= 4 is 28.1 Å². The summed E-state index contributed by atoms with van der Waals surface area (Å²) in [5.41, 5.74) is 4.66. The number of hydrogen-bond donors (Lipinski definition) is 2.